The van der Waals surface area contributed by atoms with E-state index in [2.05, 4.69) is 22.2 Å². The highest BCUT2D eigenvalue weighted by Gasteiger charge is 2.17. The number of methoxy groups -OCH3 is 1. The molecule has 0 bridgehead atoms. The highest BCUT2D eigenvalue weighted by molar-refractivity contribution is 5.98. The van der Waals surface area contributed by atoms with Gasteiger partial charge in [0.05, 0.1) is 18.4 Å². The van der Waals surface area contributed by atoms with Crippen LogP contribution in [0.1, 0.15) is 46.6 Å². The van der Waals surface area contributed by atoms with Crippen molar-refractivity contribution in [3.63, 3.8) is 0 Å². The van der Waals surface area contributed by atoms with Gasteiger partial charge in [-0.15, -0.1) is 0 Å². The zero-order valence-corrected chi connectivity index (χ0v) is 16.8. The summed E-state index contributed by atoms with van der Waals surface area (Å²) in [4.78, 5) is 15.1. The van der Waals surface area contributed by atoms with E-state index in [4.69, 9.17) is 4.74 Å². The molecule has 1 amide bonds. The van der Waals surface area contributed by atoms with Gasteiger partial charge in [-0.1, -0.05) is 0 Å². The minimum absolute atomic E-state index is 0.0927. The van der Waals surface area contributed by atoms with Gasteiger partial charge in [-0.25, -0.2) is 0 Å². The zero-order valence-electron chi connectivity index (χ0n) is 16.8. The van der Waals surface area contributed by atoms with Crippen LogP contribution in [0.2, 0.25) is 0 Å². The minimum Gasteiger partial charge on any atom is -0.496 e. The number of anilines is 1. The van der Waals surface area contributed by atoms with Crippen molar-refractivity contribution in [2.45, 2.75) is 39.5 Å². The van der Waals surface area contributed by atoms with Gasteiger partial charge in [-0.3, -0.25) is 9.48 Å². The lowest BCUT2D eigenvalue weighted by molar-refractivity contribution is 0.0951. The maximum absolute atomic E-state index is 12.8. The molecule has 0 aliphatic carbocycles. The summed E-state index contributed by atoms with van der Waals surface area (Å²) >= 11 is 0. The molecule has 2 heterocycles. The summed E-state index contributed by atoms with van der Waals surface area (Å²) in [5, 5.41) is 7.48. The smallest absolute Gasteiger partial charge is 0.255 e. The van der Waals surface area contributed by atoms with Gasteiger partial charge in [0.2, 0.25) is 0 Å². The topological polar surface area (TPSA) is 59.4 Å². The van der Waals surface area contributed by atoms with Crippen molar-refractivity contribution < 1.29 is 9.53 Å². The van der Waals surface area contributed by atoms with E-state index in [-0.39, 0.29) is 5.91 Å². The molecule has 0 spiro atoms. The molecule has 3 rings (SSSR count). The number of carbonyl (C=O) groups excluding carboxylic acids is 1. The summed E-state index contributed by atoms with van der Waals surface area (Å²) in [6.45, 7) is 6.74. The van der Waals surface area contributed by atoms with Crippen LogP contribution in [0, 0.1) is 13.8 Å². The second-order valence-electron chi connectivity index (χ2n) is 7.21. The van der Waals surface area contributed by atoms with E-state index in [1.54, 1.807) is 7.11 Å². The number of piperidine rings is 1. The summed E-state index contributed by atoms with van der Waals surface area (Å²) in [6, 6.07) is 5.90. The van der Waals surface area contributed by atoms with Gasteiger partial charge < -0.3 is 15.0 Å². The van der Waals surface area contributed by atoms with Gasteiger partial charge >= 0.3 is 0 Å². The molecule has 146 valence electrons. The Morgan fingerprint density at radius 2 is 1.96 bits per heavy atom. The van der Waals surface area contributed by atoms with Crippen LogP contribution in [-0.4, -0.2) is 42.4 Å². The third-order valence-electron chi connectivity index (χ3n) is 5.47. The number of ether oxygens (including phenoxy) is 1. The fourth-order valence-corrected chi connectivity index (χ4v) is 3.80. The van der Waals surface area contributed by atoms with Crippen LogP contribution in [0.5, 0.6) is 5.75 Å². The minimum atomic E-state index is -0.0927. The quantitative estimate of drug-likeness (QED) is 0.849. The molecular formula is C21H30N4O2. The lowest BCUT2D eigenvalue weighted by Gasteiger charge is -2.29. The molecule has 1 aliphatic rings. The molecular weight excluding hydrogens is 340 g/mol. The predicted octanol–water partition coefficient (Wildman–Crippen LogP) is 3.01. The van der Waals surface area contributed by atoms with Gasteiger partial charge in [-0.2, -0.15) is 5.10 Å². The largest absolute Gasteiger partial charge is 0.496 e. The van der Waals surface area contributed by atoms with Crippen molar-refractivity contribution >= 4 is 11.6 Å². The number of hydrogen-bond donors (Lipinski definition) is 1. The number of nitrogens with one attached hydrogen (secondary N) is 1. The molecule has 1 fully saturated rings. The highest BCUT2D eigenvalue weighted by atomic mass is 16.5. The highest BCUT2D eigenvalue weighted by Crippen LogP contribution is 2.27. The Kier molecular flexibility index (Phi) is 6.04. The Bertz CT molecular complexity index is 807. The monoisotopic (exact) mass is 370 g/mol. The van der Waals surface area contributed by atoms with Gasteiger partial charge in [-0.05, 0) is 63.3 Å². The van der Waals surface area contributed by atoms with Gasteiger partial charge in [0.25, 0.3) is 5.91 Å². The number of nitrogens with zero attached hydrogens (tertiary/aromatic N) is 3. The van der Waals surface area contributed by atoms with Crippen LogP contribution in [0.4, 0.5) is 5.69 Å². The van der Waals surface area contributed by atoms with Crippen LogP contribution in [-0.2, 0) is 13.5 Å². The summed E-state index contributed by atoms with van der Waals surface area (Å²) < 4.78 is 7.31. The average Bonchev–Trinajstić information content (AvgIpc) is 2.94. The number of amides is 1. The fraction of sp³-hybridized carbons (Fsp3) is 0.524. The standard InChI is InChI=1S/C21H30N4O2/c1-15-18(16(2)24(3)23-15)10-11-22-21(26)19-14-17(8-9-20(19)27-4)25-12-6-5-7-13-25/h8-9,14H,5-7,10-13H2,1-4H3,(H,22,26). The first-order valence-corrected chi connectivity index (χ1v) is 9.71. The van der Waals surface area contributed by atoms with Crippen LogP contribution >= 0.6 is 0 Å². The number of carbonyl (C=O) groups is 1. The second kappa shape index (κ2) is 8.46. The number of rotatable bonds is 6. The second-order valence-corrected chi connectivity index (χ2v) is 7.21. The first kappa shape index (κ1) is 19.3. The predicted molar refractivity (Wildman–Crippen MR) is 108 cm³/mol. The molecule has 0 radical (unpaired) electrons. The number of aryl methyl sites for hydroxylation is 2. The molecule has 0 atom stereocenters. The fourth-order valence-electron chi connectivity index (χ4n) is 3.80. The first-order valence-electron chi connectivity index (χ1n) is 9.71. The molecule has 1 aromatic heterocycles. The molecule has 1 aromatic carbocycles. The van der Waals surface area contributed by atoms with Crippen molar-refractivity contribution in [3.8, 4) is 5.75 Å². The van der Waals surface area contributed by atoms with Crippen LogP contribution in [0.25, 0.3) is 0 Å². The van der Waals surface area contributed by atoms with Crippen molar-refractivity contribution in [2.75, 3.05) is 31.6 Å². The molecule has 2 aromatic rings. The van der Waals surface area contributed by atoms with E-state index in [0.717, 1.165) is 36.6 Å². The molecule has 27 heavy (non-hydrogen) atoms. The van der Waals surface area contributed by atoms with Crippen molar-refractivity contribution in [1.82, 2.24) is 15.1 Å². The normalized spacial score (nSPS) is 14.3. The Hall–Kier alpha value is -2.50. The van der Waals surface area contributed by atoms with Crippen LogP contribution in [0.15, 0.2) is 18.2 Å². The van der Waals surface area contributed by atoms with Crippen molar-refractivity contribution in [3.05, 3.63) is 40.7 Å². The third-order valence-corrected chi connectivity index (χ3v) is 5.47. The van der Waals surface area contributed by atoms with Crippen molar-refractivity contribution in [2.24, 2.45) is 7.05 Å². The Morgan fingerprint density at radius 3 is 2.59 bits per heavy atom. The van der Waals surface area contributed by atoms with Gasteiger partial charge in [0, 0.05) is 38.1 Å². The van der Waals surface area contributed by atoms with E-state index in [1.165, 1.54) is 24.8 Å². The number of aromatic nitrogens is 2. The Morgan fingerprint density at radius 1 is 1.22 bits per heavy atom. The molecule has 1 aliphatic heterocycles. The molecule has 6 nitrogen and oxygen atoms in total. The lowest BCUT2D eigenvalue weighted by atomic mass is 10.1. The van der Waals surface area contributed by atoms with Gasteiger partial charge in [0.15, 0.2) is 0 Å². The molecule has 6 heteroatoms. The lowest BCUT2D eigenvalue weighted by Crippen LogP contribution is -2.30. The SMILES string of the molecule is COc1ccc(N2CCCCC2)cc1C(=O)NCCc1c(C)nn(C)c1C. The summed E-state index contributed by atoms with van der Waals surface area (Å²) in [5.41, 5.74) is 5.06. The average molecular weight is 370 g/mol. The maximum atomic E-state index is 12.8. The van der Waals surface area contributed by atoms with E-state index >= 15 is 0 Å². The van der Waals surface area contributed by atoms with E-state index in [1.807, 2.05) is 36.9 Å². The molecule has 0 saturated carbocycles. The molecule has 1 saturated heterocycles. The molecule has 1 N–H and O–H groups in total. The van der Waals surface area contributed by atoms with Gasteiger partial charge in [0.1, 0.15) is 5.75 Å². The first-order chi connectivity index (χ1) is 13.0. The van der Waals surface area contributed by atoms with E-state index in [9.17, 15) is 4.79 Å². The van der Waals surface area contributed by atoms with E-state index in [0.29, 0.717) is 17.9 Å². The van der Waals surface area contributed by atoms with E-state index < -0.39 is 0 Å². The number of hydrogen-bond acceptors (Lipinski definition) is 4. The zero-order chi connectivity index (χ0) is 19.4. The number of benzene rings is 1. The van der Waals surface area contributed by atoms with Crippen LogP contribution in [0.3, 0.4) is 0 Å². The summed E-state index contributed by atoms with van der Waals surface area (Å²) in [6.07, 6.45) is 4.47. The maximum Gasteiger partial charge on any atom is 0.255 e. The summed E-state index contributed by atoms with van der Waals surface area (Å²) in [5.74, 6) is 0.520. The Balaban J connectivity index is 1.69. The third kappa shape index (κ3) is 4.26. The van der Waals surface area contributed by atoms with Crippen molar-refractivity contribution in [1.29, 1.82) is 0 Å². The van der Waals surface area contributed by atoms with Crippen LogP contribution < -0.4 is 15.0 Å². The summed E-state index contributed by atoms with van der Waals surface area (Å²) in [7, 11) is 3.55. The molecule has 0 unspecified atom stereocenters. The Labute approximate surface area is 161 Å².